The maximum atomic E-state index is 5.98. The van der Waals surface area contributed by atoms with Crippen LogP contribution in [0.5, 0.6) is 0 Å². The van der Waals surface area contributed by atoms with Crippen molar-refractivity contribution in [2.75, 3.05) is 33.4 Å². The molecule has 2 N–H and O–H groups in total. The van der Waals surface area contributed by atoms with Gasteiger partial charge in [-0.2, -0.15) is 0 Å². The van der Waals surface area contributed by atoms with Crippen LogP contribution in [0.25, 0.3) is 0 Å². The minimum absolute atomic E-state index is 0.244. The standard InChI is InChI=1S/C13H24N4O/c1-3-16(6-7-18-2)12(8-14)13-9-15-10-17(13)11-4-5-11/h9-12H,3-8,14H2,1-2H3. The molecule has 0 saturated heterocycles. The Kier molecular flexibility index (Phi) is 4.74. The first-order valence-electron chi connectivity index (χ1n) is 6.76. The highest BCUT2D eigenvalue weighted by molar-refractivity contribution is 5.10. The van der Waals surface area contributed by atoms with E-state index in [1.807, 2.05) is 12.5 Å². The third-order valence-corrected chi connectivity index (χ3v) is 3.63. The molecular weight excluding hydrogens is 228 g/mol. The minimum Gasteiger partial charge on any atom is -0.383 e. The van der Waals surface area contributed by atoms with E-state index >= 15 is 0 Å². The molecule has 1 aliphatic rings. The zero-order valence-electron chi connectivity index (χ0n) is 11.4. The van der Waals surface area contributed by atoms with E-state index in [4.69, 9.17) is 10.5 Å². The summed E-state index contributed by atoms with van der Waals surface area (Å²) in [5, 5.41) is 0. The molecule has 102 valence electrons. The molecule has 18 heavy (non-hydrogen) atoms. The average Bonchev–Trinajstić information content (AvgIpc) is 3.13. The van der Waals surface area contributed by atoms with Crippen LogP contribution in [-0.4, -0.2) is 47.8 Å². The van der Waals surface area contributed by atoms with Crippen molar-refractivity contribution in [2.24, 2.45) is 5.73 Å². The highest BCUT2D eigenvalue weighted by Gasteiger charge is 2.29. The van der Waals surface area contributed by atoms with Crippen LogP contribution in [0.1, 0.15) is 37.5 Å². The van der Waals surface area contributed by atoms with Gasteiger partial charge in [0.25, 0.3) is 0 Å². The lowest BCUT2D eigenvalue weighted by molar-refractivity contribution is 0.123. The Morgan fingerprint density at radius 3 is 2.94 bits per heavy atom. The molecule has 0 aromatic carbocycles. The van der Waals surface area contributed by atoms with Crippen LogP contribution in [0.15, 0.2) is 12.5 Å². The molecule has 1 fully saturated rings. The number of hydrogen-bond acceptors (Lipinski definition) is 4. The number of likely N-dealkylation sites (N-methyl/N-ethyl adjacent to an activating group) is 1. The molecule has 0 bridgehead atoms. The van der Waals surface area contributed by atoms with Gasteiger partial charge in [-0.3, -0.25) is 4.90 Å². The zero-order chi connectivity index (χ0) is 13.0. The van der Waals surface area contributed by atoms with Gasteiger partial charge in [0.15, 0.2) is 0 Å². The summed E-state index contributed by atoms with van der Waals surface area (Å²) in [4.78, 5) is 6.66. The maximum Gasteiger partial charge on any atom is 0.0951 e. The van der Waals surface area contributed by atoms with Crippen molar-refractivity contribution in [3.63, 3.8) is 0 Å². The summed E-state index contributed by atoms with van der Waals surface area (Å²) in [5.41, 5.74) is 7.23. The van der Waals surface area contributed by atoms with Gasteiger partial charge in [0.2, 0.25) is 0 Å². The second-order valence-corrected chi connectivity index (χ2v) is 4.83. The largest absolute Gasteiger partial charge is 0.383 e. The number of aromatic nitrogens is 2. The maximum absolute atomic E-state index is 5.98. The van der Waals surface area contributed by atoms with E-state index in [0.717, 1.165) is 19.7 Å². The Morgan fingerprint density at radius 1 is 1.61 bits per heavy atom. The lowest BCUT2D eigenvalue weighted by Crippen LogP contribution is -2.37. The monoisotopic (exact) mass is 252 g/mol. The van der Waals surface area contributed by atoms with Gasteiger partial charge in [0.05, 0.1) is 24.7 Å². The van der Waals surface area contributed by atoms with Crippen LogP contribution >= 0.6 is 0 Å². The summed E-state index contributed by atoms with van der Waals surface area (Å²) < 4.78 is 7.47. The molecule has 0 aliphatic heterocycles. The second-order valence-electron chi connectivity index (χ2n) is 4.83. The number of imidazole rings is 1. The third-order valence-electron chi connectivity index (χ3n) is 3.63. The molecule has 1 saturated carbocycles. The van der Waals surface area contributed by atoms with Gasteiger partial charge in [0.1, 0.15) is 0 Å². The quantitative estimate of drug-likeness (QED) is 0.755. The third kappa shape index (κ3) is 2.91. The Bertz CT molecular complexity index is 362. The molecule has 0 radical (unpaired) electrons. The molecule has 1 heterocycles. The average molecular weight is 252 g/mol. The SMILES string of the molecule is CCN(CCOC)C(CN)c1cncn1C1CC1. The summed E-state index contributed by atoms with van der Waals surface area (Å²) in [6, 6.07) is 0.894. The molecule has 5 nitrogen and oxygen atoms in total. The van der Waals surface area contributed by atoms with Crippen LogP contribution in [-0.2, 0) is 4.74 Å². The van der Waals surface area contributed by atoms with Crippen LogP contribution < -0.4 is 5.73 Å². The number of ether oxygens (including phenoxy) is 1. The van der Waals surface area contributed by atoms with Gasteiger partial charge in [-0.25, -0.2) is 4.98 Å². The Hall–Kier alpha value is -0.910. The summed E-state index contributed by atoms with van der Waals surface area (Å²) in [6.45, 7) is 5.40. The fraction of sp³-hybridized carbons (Fsp3) is 0.769. The first kappa shape index (κ1) is 13.5. The summed E-state index contributed by atoms with van der Waals surface area (Å²) in [7, 11) is 1.74. The first-order valence-corrected chi connectivity index (χ1v) is 6.76. The van der Waals surface area contributed by atoms with E-state index in [-0.39, 0.29) is 6.04 Å². The van der Waals surface area contributed by atoms with E-state index in [1.165, 1.54) is 18.5 Å². The summed E-state index contributed by atoms with van der Waals surface area (Å²) in [6.07, 6.45) is 6.45. The molecule has 2 rings (SSSR count). The molecular formula is C13H24N4O. The first-order chi connectivity index (χ1) is 8.81. The van der Waals surface area contributed by atoms with Gasteiger partial charge in [-0.1, -0.05) is 6.92 Å². The van der Waals surface area contributed by atoms with Gasteiger partial charge in [-0.15, -0.1) is 0 Å². The van der Waals surface area contributed by atoms with Gasteiger partial charge >= 0.3 is 0 Å². The highest BCUT2D eigenvalue weighted by atomic mass is 16.5. The second kappa shape index (κ2) is 6.31. The predicted octanol–water partition coefficient (Wildman–Crippen LogP) is 1.19. The van der Waals surface area contributed by atoms with Crippen molar-refractivity contribution in [1.82, 2.24) is 14.5 Å². The number of nitrogens with two attached hydrogens (primary N) is 1. The molecule has 1 aromatic rings. The number of rotatable bonds is 8. The number of methoxy groups -OCH3 is 1. The van der Waals surface area contributed by atoms with E-state index in [9.17, 15) is 0 Å². The Morgan fingerprint density at radius 2 is 2.39 bits per heavy atom. The van der Waals surface area contributed by atoms with Crippen LogP contribution in [0.2, 0.25) is 0 Å². The summed E-state index contributed by atoms with van der Waals surface area (Å²) >= 11 is 0. The molecule has 0 amide bonds. The van der Waals surface area contributed by atoms with Crippen molar-refractivity contribution >= 4 is 0 Å². The molecule has 0 spiro atoms. The van der Waals surface area contributed by atoms with Crippen molar-refractivity contribution in [1.29, 1.82) is 0 Å². The molecule has 1 unspecified atom stereocenters. The number of hydrogen-bond donors (Lipinski definition) is 1. The smallest absolute Gasteiger partial charge is 0.0951 e. The molecule has 1 atom stereocenters. The lowest BCUT2D eigenvalue weighted by Gasteiger charge is -2.30. The van der Waals surface area contributed by atoms with Crippen LogP contribution in [0, 0.1) is 0 Å². The predicted molar refractivity (Wildman–Crippen MR) is 71.4 cm³/mol. The fourth-order valence-corrected chi connectivity index (χ4v) is 2.43. The molecule has 1 aliphatic carbocycles. The Labute approximate surface area is 109 Å². The van der Waals surface area contributed by atoms with Gasteiger partial charge < -0.3 is 15.0 Å². The lowest BCUT2D eigenvalue weighted by atomic mass is 10.1. The van der Waals surface area contributed by atoms with E-state index in [1.54, 1.807) is 7.11 Å². The van der Waals surface area contributed by atoms with Gasteiger partial charge in [0, 0.05) is 32.4 Å². The topological polar surface area (TPSA) is 56.3 Å². The van der Waals surface area contributed by atoms with Gasteiger partial charge in [-0.05, 0) is 19.4 Å². The van der Waals surface area contributed by atoms with E-state index in [2.05, 4.69) is 21.4 Å². The van der Waals surface area contributed by atoms with Crippen molar-refractivity contribution in [2.45, 2.75) is 31.8 Å². The molecule has 1 aromatic heterocycles. The van der Waals surface area contributed by atoms with Crippen molar-refractivity contribution in [3.8, 4) is 0 Å². The van der Waals surface area contributed by atoms with Crippen molar-refractivity contribution < 1.29 is 4.74 Å². The number of nitrogens with zero attached hydrogens (tertiary/aromatic N) is 3. The Balaban J connectivity index is 2.12. The van der Waals surface area contributed by atoms with Crippen molar-refractivity contribution in [3.05, 3.63) is 18.2 Å². The normalized spacial score (nSPS) is 17.3. The summed E-state index contributed by atoms with van der Waals surface area (Å²) in [5.74, 6) is 0. The van der Waals surface area contributed by atoms with Crippen LogP contribution in [0.4, 0.5) is 0 Å². The van der Waals surface area contributed by atoms with E-state index in [0.29, 0.717) is 12.6 Å². The highest BCUT2D eigenvalue weighted by Crippen LogP contribution is 2.37. The minimum atomic E-state index is 0.244. The molecule has 5 heteroatoms. The van der Waals surface area contributed by atoms with Crippen LogP contribution in [0.3, 0.4) is 0 Å². The fourth-order valence-electron chi connectivity index (χ4n) is 2.43. The zero-order valence-corrected chi connectivity index (χ0v) is 11.4. The van der Waals surface area contributed by atoms with E-state index < -0.39 is 0 Å².